The van der Waals surface area contributed by atoms with Gasteiger partial charge in [0.05, 0.1) is 20.6 Å². The predicted molar refractivity (Wildman–Crippen MR) is 59.4 cm³/mol. The molecule has 0 saturated heterocycles. The maximum Gasteiger partial charge on any atom is 0.316 e. The first-order valence-electron chi connectivity index (χ1n) is 5.48. The molecular formula is C12H16O6. The number of carbonyl (C=O) groups is 4. The highest BCUT2D eigenvalue weighted by Crippen LogP contribution is 2.42. The van der Waals surface area contributed by atoms with Crippen molar-refractivity contribution in [3.63, 3.8) is 0 Å². The number of Topliss-reactive ketones (excluding diaryl/α,β-unsaturated/α-hetero) is 2. The van der Waals surface area contributed by atoms with Gasteiger partial charge < -0.3 is 9.47 Å². The van der Waals surface area contributed by atoms with Crippen molar-refractivity contribution in [2.24, 2.45) is 17.3 Å². The summed E-state index contributed by atoms with van der Waals surface area (Å²) in [5, 5.41) is 0. The third-order valence-electron chi connectivity index (χ3n) is 3.35. The van der Waals surface area contributed by atoms with Gasteiger partial charge in [0.1, 0.15) is 11.8 Å². The molecule has 6 nitrogen and oxygen atoms in total. The Labute approximate surface area is 105 Å². The highest BCUT2D eigenvalue weighted by atomic mass is 16.5. The van der Waals surface area contributed by atoms with E-state index in [2.05, 4.69) is 9.47 Å². The zero-order chi connectivity index (χ0) is 14.1. The second-order valence-corrected chi connectivity index (χ2v) is 4.84. The normalized spacial score (nSPS) is 26.7. The van der Waals surface area contributed by atoms with Gasteiger partial charge in [-0.15, -0.1) is 0 Å². The second kappa shape index (κ2) is 4.88. The smallest absolute Gasteiger partial charge is 0.316 e. The van der Waals surface area contributed by atoms with Crippen molar-refractivity contribution in [1.29, 1.82) is 0 Å². The van der Waals surface area contributed by atoms with Gasteiger partial charge in [-0.3, -0.25) is 19.2 Å². The Morgan fingerprint density at radius 1 is 1.00 bits per heavy atom. The minimum absolute atomic E-state index is 0.442. The summed E-state index contributed by atoms with van der Waals surface area (Å²) in [7, 11) is 2.32. The van der Waals surface area contributed by atoms with Crippen LogP contribution in [0, 0.1) is 17.3 Å². The fraction of sp³-hybridized carbons (Fsp3) is 0.667. The van der Waals surface area contributed by atoms with Gasteiger partial charge in [0.25, 0.3) is 0 Å². The van der Waals surface area contributed by atoms with Gasteiger partial charge in [-0.1, -0.05) is 13.8 Å². The lowest BCUT2D eigenvalue weighted by atomic mass is 9.61. The summed E-state index contributed by atoms with van der Waals surface area (Å²) in [5.41, 5.74) is -1.15. The maximum atomic E-state index is 11.8. The third kappa shape index (κ3) is 2.14. The zero-order valence-corrected chi connectivity index (χ0v) is 10.8. The van der Waals surface area contributed by atoms with Crippen LogP contribution < -0.4 is 0 Å². The molecule has 0 unspecified atom stereocenters. The van der Waals surface area contributed by atoms with Gasteiger partial charge >= 0.3 is 11.9 Å². The van der Waals surface area contributed by atoms with E-state index in [0.29, 0.717) is 0 Å². The van der Waals surface area contributed by atoms with Crippen molar-refractivity contribution in [2.45, 2.75) is 20.3 Å². The largest absolute Gasteiger partial charge is 0.468 e. The van der Waals surface area contributed by atoms with Crippen LogP contribution in [-0.4, -0.2) is 37.7 Å². The number of carbonyl (C=O) groups excluding carboxylic acids is 4. The number of esters is 2. The summed E-state index contributed by atoms with van der Waals surface area (Å²) in [5.74, 6) is -4.74. The number of methoxy groups -OCH3 is 2. The van der Waals surface area contributed by atoms with Crippen LogP contribution in [0.1, 0.15) is 20.3 Å². The summed E-state index contributed by atoms with van der Waals surface area (Å²) in [6.07, 6.45) is -0.442. The summed E-state index contributed by atoms with van der Waals surface area (Å²) >= 11 is 0. The highest BCUT2D eigenvalue weighted by molar-refractivity contribution is 6.16. The molecule has 0 heterocycles. The molecule has 0 N–H and O–H groups in total. The van der Waals surface area contributed by atoms with Crippen LogP contribution in [0.15, 0.2) is 0 Å². The van der Waals surface area contributed by atoms with Gasteiger partial charge in [0.2, 0.25) is 0 Å². The molecule has 0 aromatic heterocycles. The molecule has 18 heavy (non-hydrogen) atoms. The fourth-order valence-electron chi connectivity index (χ4n) is 2.48. The molecule has 1 aliphatic carbocycles. The molecule has 1 aliphatic rings. The molecule has 6 heteroatoms. The Bertz CT molecular complexity index is 373. The molecule has 1 rings (SSSR count). The fourth-order valence-corrected chi connectivity index (χ4v) is 2.48. The number of hydrogen-bond acceptors (Lipinski definition) is 6. The molecule has 0 aliphatic heterocycles. The van der Waals surface area contributed by atoms with Gasteiger partial charge in [-0.05, 0) is 0 Å². The SMILES string of the molecule is COC(=O)[C@H]1C(=O)CC(=O)[C@@H](C(=O)OC)C1(C)C. The zero-order valence-electron chi connectivity index (χ0n) is 10.8. The van der Waals surface area contributed by atoms with Crippen molar-refractivity contribution in [1.82, 2.24) is 0 Å². The molecule has 0 aromatic carbocycles. The minimum Gasteiger partial charge on any atom is -0.468 e. The molecule has 0 amide bonds. The van der Waals surface area contributed by atoms with Crippen LogP contribution in [0.2, 0.25) is 0 Å². The van der Waals surface area contributed by atoms with Crippen LogP contribution >= 0.6 is 0 Å². The summed E-state index contributed by atoms with van der Waals surface area (Å²) in [6.45, 7) is 3.04. The molecule has 100 valence electrons. The Morgan fingerprint density at radius 3 is 1.61 bits per heavy atom. The lowest BCUT2D eigenvalue weighted by Gasteiger charge is -2.39. The molecule has 0 spiro atoms. The van der Waals surface area contributed by atoms with E-state index in [0.717, 1.165) is 14.2 Å². The van der Waals surface area contributed by atoms with E-state index < -0.39 is 47.2 Å². The molecule has 0 radical (unpaired) electrons. The van der Waals surface area contributed by atoms with Crippen LogP contribution in [0.3, 0.4) is 0 Å². The maximum absolute atomic E-state index is 11.8. The first-order chi connectivity index (χ1) is 8.27. The van der Waals surface area contributed by atoms with Crippen LogP contribution in [0.5, 0.6) is 0 Å². The number of ether oxygens (including phenoxy) is 2. The van der Waals surface area contributed by atoms with Crippen molar-refractivity contribution in [2.75, 3.05) is 14.2 Å². The summed E-state index contributed by atoms with van der Waals surface area (Å²) in [4.78, 5) is 46.9. The van der Waals surface area contributed by atoms with E-state index in [1.54, 1.807) is 0 Å². The Morgan fingerprint density at radius 2 is 1.33 bits per heavy atom. The van der Waals surface area contributed by atoms with E-state index in [9.17, 15) is 19.2 Å². The van der Waals surface area contributed by atoms with Crippen molar-refractivity contribution < 1.29 is 28.7 Å². The van der Waals surface area contributed by atoms with E-state index in [4.69, 9.17) is 0 Å². The van der Waals surface area contributed by atoms with Crippen molar-refractivity contribution >= 4 is 23.5 Å². The lowest BCUT2D eigenvalue weighted by Crippen LogP contribution is -2.53. The van der Waals surface area contributed by atoms with E-state index in [-0.39, 0.29) is 0 Å². The number of rotatable bonds is 2. The van der Waals surface area contributed by atoms with Gasteiger partial charge in [-0.25, -0.2) is 0 Å². The first-order valence-corrected chi connectivity index (χ1v) is 5.48. The quantitative estimate of drug-likeness (QED) is 0.515. The molecule has 0 bridgehead atoms. The van der Waals surface area contributed by atoms with E-state index >= 15 is 0 Å². The monoisotopic (exact) mass is 256 g/mol. The van der Waals surface area contributed by atoms with Crippen molar-refractivity contribution in [3.05, 3.63) is 0 Å². The first kappa shape index (κ1) is 14.3. The second-order valence-electron chi connectivity index (χ2n) is 4.84. The van der Waals surface area contributed by atoms with Crippen LogP contribution in [-0.2, 0) is 28.7 Å². The average Bonchev–Trinajstić information content (AvgIpc) is 2.26. The molecule has 0 aromatic rings. The number of ketones is 2. The van der Waals surface area contributed by atoms with E-state index in [1.165, 1.54) is 13.8 Å². The summed E-state index contributed by atoms with van der Waals surface area (Å²) < 4.78 is 9.14. The van der Waals surface area contributed by atoms with Crippen molar-refractivity contribution in [3.8, 4) is 0 Å². The molecule has 1 fully saturated rings. The standard InChI is InChI=1S/C12H16O6/c1-12(2)8(10(15)17-3)6(13)5-7(14)9(12)11(16)18-4/h8-9H,5H2,1-4H3/t8-,9+. The Kier molecular flexibility index (Phi) is 3.88. The topological polar surface area (TPSA) is 86.7 Å². The Balaban J connectivity index is 3.22. The van der Waals surface area contributed by atoms with Gasteiger partial charge in [0.15, 0.2) is 11.6 Å². The highest BCUT2D eigenvalue weighted by Gasteiger charge is 2.56. The summed E-state index contributed by atoms with van der Waals surface area (Å²) in [6, 6.07) is 0. The van der Waals surface area contributed by atoms with Crippen LogP contribution in [0.4, 0.5) is 0 Å². The molecule has 2 atom stereocenters. The lowest BCUT2D eigenvalue weighted by molar-refractivity contribution is -0.168. The predicted octanol–water partition coefficient (Wildman–Crippen LogP) is 0.133. The Hall–Kier alpha value is -1.72. The minimum atomic E-state index is -1.15. The van der Waals surface area contributed by atoms with Crippen LogP contribution in [0.25, 0.3) is 0 Å². The van der Waals surface area contributed by atoms with E-state index in [1.807, 2.05) is 0 Å². The molecular weight excluding hydrogens is 240 g/mol. The third-order valence-corrected chi connectivity index (χ3v) is 3.35. The van der Waals surface area contributed by atoms with Gasteiger partial charge in [-0.2, -0.15) is 0 Å². The van der Waals surface area contributed by atoms with Gasteiger partial charge in [0, 0.05) is 5.41 Å². The number of hydrogen-bond donors (Lipinski definition) is 0. The average molecular weight is 256 g/mol. The molecule has 1 saturated carbocycles.